The van der Waals surface area contributed by atoms with Crippen molar-refractivity contribution >= 4 is 51.0 Å². The second-order valence-electron chi connectivity index (χ2n) is 4.17. The predicted molar refractivity (Wildman–Crippen MR) is 84.4 cm³/mol. The molecule has 0 radical (unpaired) electrons. The molecule has 0 saturated heterocycles. The lowest BCUT2D eigenvalue weighted by atomic mass is 10.1. The van der Waals surface area contributed by atoms with Crippen LogP contribution in [0.25, 0.3) is 27.1 Å². The fourth-order valence-electron chi connectivity index (χ4n) is 1.98. The van der Waals surface area contributed by atoms with Gasteiger partial charge in [0.05, 0.1) is 10.2 Å². The number of rotatable bonds is 2. The number of aromatic nitrogens is 1. The van der Waals surface area contributed by atoms with Crippen molar-refractivity contribution in [3.8, 4) is 0 Å². The predicted octanol–water partition coefficient (Wildman–Crippen LogP) is 5.13. The average Bonchev–Trinajstić information content (AvgIpc) is 2.81. The molecule has 0 aliphatic rings. The summed E-state index contributed by atoms with van der Waals surface area (Å²) in [5.74, 6) is 0. The molecule has 0 atom stereocenters. The number of hydrogen-bond donors (Lipinski definition) is 1. The Bertz CT molecular complexity index is 740. The van der Waals surface area contributed by atoms with Gasteiger partial charge in [-0.3, -0.25) is 0 Å². The number of thiol groups is 1. The molecule has 0 spiro atoms. The Morgan fingerprint density at radius 3 is 2.94 bits per heavy atom. The van der Waals surface area contributed by atoms with E-state index < -0.39 is 0 Å². The van der Waals surface area contributed by atoms with Crippen LogP contribution in [0.2, 0.25) is 0 Å². The summed E-state index contributed by atoms with van der Waals surface area (Å²) in [4.78, 5) is 5.79. The fraction of sp³-hybridized carbons (Fsp3) is 0.133. The third-order valence-corrected chi connectivity index (χ3v) is 4.37. The standard InChI is InChI=1S/C15H13NS2/c1-2-11(17)9-14-16-15-12-6-4-3-5-10(12)7-8-13(15)18-14/h3-9,17H,2H2,1H3. The number of allylic oxidation sites excluding steroid dienone is 1. The average molecular weight is 271 g/mol. The lowest BCUT2D eigenvalue weighted by Gasteiger charge is -1.96. The quantitative estimate of drug-likeness (QED) is 0.637. The molecule has 3 aromatic rings. The Hall–Kier alpha value is -1.32. The first-order valence-electron chi connectivity index (χ1n) is 5.96. The summed E-state index contributed by atoms with van der Waals surface area (Å²) in [6.45, 7) is 2.10. The Morgan fingerprint density at radius 2 is 2.11 bits per heavy atom. The smallest absolute Gasteiger partial charge is 0.118 e. The number of hydrogen-bond acceptors (Lipinski definition) is 3. The molecule has 0 saturated carbocycles. The molecular formula is C15H13NS2. The van der Waals surface area contributed by atoms with Crippen molar-refractivity contribution in [2.45, 2.75) is 13.3 Å². The summed E-state index contributed by atoms with van der Waals surface area (Å²) in [5, 5.41) is 3.50. The van der Waals surface area contributed by atoms with Gasteiger partial charge in [0.15, 0.2) is 0 Å². The summed E-state index contributed by atoms with van der Waals surface area (Å²) < 4.78 is 1.23. The molecule has 2 aromatic carbocycles. The Labute approximate surface area is 116 Å². The van der Waals surface area contributed by atoms with Gasteiger partial charge < -0.3 is 0 Å². The molecule has 0 bridgehead atoms. The molecule has 1 heterocycles. The molecule has 1 aromatic heterocycles. The van der Waals surface area contributed by atoms with Crippen molar-refractivity contribution in [1.82, 2.24) is 4.98 Å². The number of fused-ring (bicyclic) bond motifs is 3. The molecule has 3 rings (SSSR count). The SMILES string of the molecule is CCC(S)=Cc1nc2c(ccc3ccccc32)s1. The van der Waals surface area contributed by atoms with Crippen molar-refractivity contribution in [3.05, 3.63) is 46.3 Å². The minimum atomic E-state index is 0.944. The second kappa shape index (κ2) is 4.75. The molecule has 0 aliphatic carbocycles. The van der Waals surface area contributed by atoms with Crippen LogP contribution in [-0.4, -0.2) is 4.98 Å². The first kappa shape index (κ1) is 11.8. The molecule has 0 unspecified atom stereocenters. The molecule has 0 N–H and O–H groups in total. The van der Waals surface area contributed by atoms with Gasteiger partial charge in [0, 0.05) is 5.39 Å². The minimum Gasteiger partial charge on any atom is -0.236 e. The third-order valence-electron chi connectivity index (χ3n) is 2.95. The lowest BCUT2D eigenvalue weighted by Crippen LogP contribution is -1.75. The van der Waals surface area contributed by atoms with E-state index in [2.05, 4.69) is 62.0 Å². The first-order chi connectivity index (χ1) is 8.78. The van der Waals surface area contributed by atoms with Gasteiger partial charge >= 0.3 is 0 Å². The van der Waals surface area contributed by atoms with Crippen molar-refractivity contribution in [3.63, 3.8) is 0 Å². The molecule has 90 valence electrons. The zero-order valence-corrected chi connectivity index (χ0v) is 11.8. The number of benzene rings is 2. The third kappa shape index (κ3) is 2.04. The fourth-order valence-corrected chi connectivity index (χ4v) is 3.15. The van der Waals surface area contributed by atoms with E-state index in [1.807, 2.05) is 0 Å². The summed E-state index contributed by atoms with van der Waals surface area (Å²) >= 11 is 6.14. The van der Waals surface area contributed by atoms with Crippen molar-refractivity contribution in [1.29, 1.82) is 0 Å². The van der Waals surface area contributed by atoms with Crippen LogP contribution in [0, 0.1) is 0 Å². The maximum Gasteiger partial charge on any atom is 0.118 e. The highest BCUT2D eigenvalue weighted by Crippen LogP contribution is 2.30. The highest BCUT2D eigenvalue weighted by Gasteiger charge is 2.05. The van der Waals surface area contributed by atoms with Crippen molar-refractivity contribution in [2.24, 2.45) is 0 Å². The summed E-state index contributed by atoms with van der Waals surface area (Å²) in [5.41, 5.74) is 1.10. The van der Waals surface area contributed by atoms with Crippen molar-refractivity contribution in [2.75, 3.05) is 0 Å². The normalized spacial score (nSPS) is 12.4. The monoisotopic (exact) mass is 271 g/mol. The topological polar surface area (TPSA) is 12.9 Å². The van der Waals surface area contributed by atoms with Gasteiger partial charge in [-0.05, 0) is 28.9 Å². The van der Waals surface area contributed by atoms with Crippen LogP contribution < -0.4 is 0 Å². The van der Waals surface area contributed by atoms with Crippen LogP contribution in [-0.2, 0) is 0 Å². The van der Waals surface area contributed by atoms with E-state index in [0.717, 1.165) is 21.9 Å². The van der Waals surface area contributed by atoms with Gasteiger partial charge in [-0.15, -0.1) is 24.0 Å². The van der Waals surface area contributed by atoms with Crippen LogP contribution in [0.4, 0.5) is 0 Å². The molecule has 0 amide bonds. The minimum absolute atomic E-state index is 0.944. The highest BCUT2D eigenvalue weighted by molar-refractivity contribution is 7.84. The zero-order chi connectivity index (χ0) is 12.5. The van der Waals surface area contributed by atoms with Gasteiger partial charge in [-0.1, -0.05) is 37.3 Å². The Balaban J connectivity index is 2.26. The van der Waals surface area contributed by atoms with E-state index in [1.165, 1.54) is 15.5 Å². The van der Waals surface area contributed by atoms with Crippen LogP contribution in [0.5, 0.6) is 0 Å². The first-order valence-corrected chi connectivity index (χ1v) is 7.22. The highest BCUT2D eigenvalue weighted by atomic mass is 32.1. The molecule has 0 aliphatic heterocycles. The Kier molecular flexibility index (Phi) is 3.10. The van der Waals surface area contributed by atoms with Crippen LogP contribution in [0.3, 0.4) is 0 Å². The van der Waals surface area contributed by atoms with Crippen LogP contribution in [0.15, 0.2) is 41.3 Å². The van der Waals surface area contributed by atoms with E-state index in [9.17, 15) is 0 Å². The molecule has 1 nitrogen and oxygen atoms in total. The largest absolute Gasteiger partial charge is 0.236 e. The molecule has 0 fully saturated rings. The second-order valence-corrected chi connectivity index (χ2v) is 5.81. The van der Waals surface area contributed by atoms with Crippen molar-refractivity contribution < 1.29 is 0 Å². The summed E-state index contributed by atoms with van der Waals surface area (Å²) in [6, 6.07) is 12.7. The van der Waals surface area contributed by atoms with Crippen LogP contribution >= 0.6 is 24.0 Å². The maximum absolute atomic E-state index is 4.72. The molecular weight excluding hydrogens is 258 g/mol. The van der Waals surface area contributed by atoms with Gasteiger partial charge in [0.1, 0.15) is 5.01 Å². The van der Waals surface area contributed by atoms with Gasteiger partial charge in [-0.2, -0.15) is 0 Å². The maximum atomic E-state index is 4.72. The number of nitrogens with zero attached hydrogens (tertiary/aromatic N) is 1. The van der Waals surface area contributed by atoms with Gasteiger partial charge in [-0.25, -0.2) is 4.98 Å². The Morgan fingerprint density at radius 1 is 1.28 bits per heavy atom. The van der Waals surface area contributed by atoms with E-state index in [4.69, 9.17) is 4.98 Å². The van der Waals surface area contributed by atoms with E-state index in [-0.39, 0.29) is 0 Å². The van der Waals surface area contributed by atoms with Crippen LogP contribution in [0.1, 0.15) is 18.4 Å². The zero-order valence-electron chi connectivity index (χ0n) is 10.1. The van der Waals surface area contributed by atoms with Gasteiger partial charge in [0.25, 0.3) is 0 Å². The van der Waals surface area contributed by atoms with E-state index in [0.29, 0.717) is 0 Å². The van der Waals surface area contributed by atoms with E-state index in [1.54, 1.807) is 11.3 Å². The summed E-state index contributed by atoms with van der Waals surface area (Å²) in [6.07, 6.45) is 3.00. The lowest BCUT2D eigenvalue weighted by molar-refractivity contribution is 1.21. The van der Waals surface area contributed by atoms with E-state index >= 15 is 0 Å². The molecule has 18 heavy (non-hydrogen) atoms. The number of thiazole rings is 1. The summed E-state index contributed by atoms with van der Waals surface area (Å²) in [7, 11) is 0. The van der Waals surface area contributed by atoms with Gasteiger partial charge in [0.2, 0.25) is 0 Å². The molecule has 3 heteroatoms.